The number of aromatic nitrogens is 4. The molecule has 2 amide bonds. The summed E-state index contributed by atoms with van der Waals surface area (Å²) >= 11 is 0. The van der Waals surface area contributed by atoms with Gasteiger partial charge in [-0.05, 0) is 35.9 Å². The number of hydrogen-bond acceptors (Lipinski definition) is 5. The van der Waals surface area contributed by atoms with Gasteiger partial charge in [0.05, 0.1) is 12.2 Å². The Kier molecular flexibility index (Phi) is 6.58. The van der Waals surface area contributed by atoms with E-state index in [0.717, 1.165) is 22.5 Å². The first-order valence-corrected chi connectivity index (χ1v) is 10.6. The van der Waals surface area contributed by atoms with E-state index in [9.17, 15) is 9.59 Å². The lowest BCUT2D eigenvalue weighted by molar-refractivity contribution is -0.116. The van der Waals surface area contributed by atoms with Crippen LogP contribution in [0.2, 0.25) is 0 Å². The van der Waals surface area contributed by atoms with E-state index in [0.29, 0.717) is 12.2 Å². The number of rotatable bonds is 5. The van der Waals surface area contributed by atoms with Crippen molar-refractivity contribution in [2.75, 3.05) is 10.2 Å². The lowest BCUT2D eigenvalue weighted by Gasteiger charge is -2.21. The highest BCUT2D eigenvalue weighted by molar-refractivity contribution is 5.91. The van der Waals surface area contributed by atoms with Crippen LogP contribution in [0.15, 0.2) is 67.0 Å². The van der Waals surface area contributed by atoms with Gasteiger partial charge in [0, 0.05) is 30.6 Å². The van der Waals surface area contributed by atoms with Gasteiger partial charge in [-0.15, -0.1) is 5.10 Å². The van der Waals surface area contributed by atoms with Crippen molar-refractivity contribution in [2.45, 2.75) is 32.7 Å². The van der Waals surface area contributed by atoms with Crippen LogP contribution in [-0.4, -0.2) is 36.7 Å². The minimum Gasteiger partial charge on any atom is -0.465 e. The molecule has 0 unspecified atom stereocenters. The number of anilines is 2. The fourth-order valence-corrected chi connectivity index (χ4v) is 3.14. The van der Waals surface area contributed by atoms with Crippen molar-refractivity contribution < 1.29 is 14.7 Å². The van der Waals surface area contributed by atoms with Gasteiger partial charge in [0.2, 0.25) is 5.91 Å². The van der Waals surface area contributed by atoms with E-state index in [2.05, 4.69) is 20.4 Å². The third kappa shape index (κ3) is 5.70. The number of amides is 2. The molecular weight excluding hydrogens is 420 g/mol. The van der Waals surface area contributed by atoms with Crippen LogP contribution in [0.3, 0.4) is 0 Å². The van der Waals surface area contributed by atoms with Crippen LogP contribution in [0.5, 0.6) is 0 Å². The molecule has 5 rings (SSSR count). The molecule has 1 aliphatic carbocycles. The van der Waals surface area contributed by atoms with E-state index in [1.807, 2.05) is 48.5 Å². The van der Waals surface area contributed by atoms with Gasteiger partial charge < -0.3 is 10.0 Å². The Morgan fingerprint density at radius 2 is 1.82 bits per heavy atom. The van der Waals surface area contributed by atoms with Crippen LogP contribution >= 0.6 is 0 Å². The van der Waals surface area contributed by atoms with E-state index in [-0.39, 0.29) is 11.9 Å². The van der Waals surface area contributed by atoms with Gasteiger partial charge in [0.25, 0.3) is 5.95 Å². The van der Waals surface area contributed by atoms with Crippen molar-refractivity contribution in [3.05, 3.63) is 72.6 Å². The molecule has 1 saturated carbocycles. The lowest BCUT2D eigenvalue weighted by atomic mass is 10.1. The molecule has 168 valence electrons. The Bertz CT molecular complexity index is 1250. The predicted octanol–water partition coefficient (Wildman–Crippen LogP) is 4.60. The Hall–Kier alpha value is -4.27. The van der Waals surface area contributed by atoms with Crippen LogP contribution in [0.1, 0.15) is 31.7 Å². The third-order valence-corrected chi connectivity index (χ3v) is 4.85. The number of fused-ring (bicyclic) bond motifs is 1. The second-order valence-electron chi connectivity index (χ2n) is 7.62. The van der Waals surface area contributed by atoms with Crippen LogP contribution in [0, 0.1) is 0 Å². The highest BCUT2D eigenvalue weighted by atomic mass is 16.4. The molecule has 1 aromatic carbocycles. The van der Waals surface area contributed by atoms with Crippen LogP contribution in [0.25, 0.3) is 16.9 Å². The summed E-state index contributed by atoms with van der Waals surface area (Å²) in [4.78, 5) is 33.0. The first-order valence-electron chi connectivity index (χ1n) is 10.6. The number of nitrogens with zero attached hydrogens (tertiary/aromatic N) is 5. The molecule has 1 aliphatic rings. The predicted molar refractivity (Wildman–Crippen MR) is 125 cm³/mol. The van der Waals surface area contributed by atoms with Gasteiger partial charge in [-0.25, -0.2) is 9.31 Å². The second-order valence-corrected chi connectivity index (χ2v) is 7.62. The highest BCUT2D eigenvalue weighted by Gasteiger charge is 2.14. The second kappa shape index (κ2) is 9.90. The molecule has 1 fully saturated rings. The summed E-state index contributed by atoms with van der Waals surface area (Å²) in [6.07, 6.45) is 6.70. The number of pyridine rings is 2. The van der Waals surface area contributed by atoms with E-state index in [4.69, 9.17) is 5.11 Å². The summed E-state index contributed by atoms with van der Waals surface area (Å²) < 4.78 is 1.57. The van der Waals surface area contributed by atoms with Gasteiger partial charge in [-0.2, -0.15) is 4.98 Å². The van der Waals surface area contributed by atoms with E-state index in [1.165, 1.54) is 26.2 Å². The average Bonchev–Trinajstić information content (AvgIpc) is 3.64. The van der Waals surface area contributed by atoms with Crippen LogP contribution in [-0.2, 0) is 11.3 Å². The van der Waals surface area contributed by atoms with Crippen molar-refractivity contribution in [2.24, 2.45) is 0 Å². The maximum absolute atomic E-state index is 12.2. The zero-order chi connectivity index (χ0) is 23.2. The number of carboxylic acid groups (broad SMARTS) is 1. The molecule has 9 heteroatoms. The normalized spacial score (nSPS) is 11.9. The largest absolute Gasteiger partial charge is 0.465 e. The standard InChI is InChI=1S/C21H18N6O3.C3H6/c1-14(28)26(13-15-4-3-11-22-12-15)17-9-7-16(8-10-17)18-5-2-6-19-23-20(24-21(29)30)25-27(18)19;1-2-3-1/h2-12H,13H2,1H3,(H,24,25)(H,29,30);1-3H2. The number of benzene rings is 1. The lowest BCUT2D eigenvalue weighted by Crippen LogP contribution is -2.27. The Morgan fingerprint density at radius 1 is 1.06 bits per heavy atom. The smallest absolute Gasteiger partial charge is 0.411 e. The van der Waals surface area contributed by atoms with Crippen molar-refractivity contribution in [3.63, 3.8) is 0 Å². The molecule has 4 aromatic rings. The SMILES string of the molecule is C1CC1.CC(=O)N(Cc1cccnc1)c1ccc(-c2cccc3nc(NC(=O)O)nn23)cc1. The van der Waals surface area contributed by atoms with Crippen molar-refractivity contribution in [1.82, 2.24) is 19.6 Å². The minimum absolute atomic E-state index is 0.00537. The van der Waals surface area contributed by atoms with Gasteiger partial charge in [-0.1, -0.05) is 43.5 Å². The van der Waals surface area contributed by atoms with Crippen molar-refractivity contribution in [3.8, 4) is 11.3 Å². The number of carbonyl (C=O) groups excluding carboxylic acids is 1. The first kappa shape index (κ1) is 21.9. The summed E-state index contributed by atoms with van der Waals surface area (Å²) in [6, 6.07) is 16.7. The molecule has 0 bridgehead atoms. The topological polar surface area (TPSA) is 113 Å². The number of nitrogens with one attached hydrogen (secondary N) is 1. The number of carbonyl (C=O) groups is 2. The van der Waals surface area contributed by atoms with Crippen molar-refractivity contribution >= 4 is 29.3 Å². The number of hydrogen-bond donors (Lipinski definition) is 2. The third-order valence-electron chi connectivity index (χ3n) is 4.85. The minimum atomic E-state index is -1.23. The average molecular weight is 444 g/mol. The molecule has 9 nitrogen and oxygen atoms in total. The van der Waals surface area contributed by atoms with E-state index >= 15 is 0 Å². The molecule has 0 atom stereocenters. The van der Waals surface area contributed by atoms with E-state index < -0.39 is 6.09 Å². The van der Waals surface area contributed by atoms with Gasteiger partial charge in [0.1, 0.15) is 0 Å². The maximum atomic E-state index is 12.2. The Balaban J connectivity index is 0.000000799. The quantitative estimate of drug-likeness (QED) is 0.465. The Morgan fingerprint density at radius 3 is 2.42 bits per heavy atom. The van der Waals surface area contributed by atoms with Gasteiger partial charge >= 0.3 is 6.09 Å². The fraction of sp³-hybridized carbons (Fsp3) is 0.208. The molecule has 3 heterocycles. The van der Waals surface area contributed by atoms with Crippen LogP contribution in [0.4, 0.5) is 16.4 Å². The summed E-state index contributed by atoms with van der Waals surface area (Å²) in [5.74, 6) is -0.0693. The summed E-state index contributed by atoms with van der Waals surface area (Å²) in [6.45, 7) is 1.95. The summed E-state index contributed by atoms with van der Waals surface area (Å²) in [5.41, 5.74) is 3.80. The molecule has 0 spiro atoms. The molecule has 3 aromatic heterocycles. The molecule has 0 aliphatic heterocycles. The Labute approximate surface area is 190 Å². The van der Waals surface area contributed by atoms with Gasteiger partial charge in [-0.3, -0.25) is 15.1 Å². The molecule has 0 saturated heterocycles. The zero-order valence-electron chi connectivity index (χ0n) is 18.2. The fourth-order valence-electron chi connectivity index (χ4n) is 3.14. The maximum Gasteiger partial charge on any atom is 0.411 e. The van der Waals surface area contributed by atoms with Gasteiger partial charge in [0.15, 0.2) is 5.65 Å². The zero-order valence-corrected chi connectivity index (χ0v) is 18.2. The van der Waals surface area contributed by atoms with Crippen molar-refractivity contribution in [1.29, 1.82) is 0 Å². The molecule has 2 N–H and O–H groups in total. The summed E-state index contributed by atoms with van der Waals surface area (Å²) in [7, 11) is 0. The molecule has 33 heavy (non-hydrogen) atoms. The van der Waals surface area contributed by atoms with Crippen LogP contribution < -0.4 is 10.2 Å². The first-order chi connectivity index (χ1) is 16.0. The molecular formula is C24H24N6O3. The summed E-state index contributed by atoms with van der Waals surface area (Å²) in [5, 5.41) is 15.2. The highest BCUT2D eigenvalue weighted by Crippen LogP contribution is 2.25. The monoisotopic (exact) mass is 444 g/mol. The molecule has 0 radical (unpaired) electrons. The van der Waals surface area contributed by atoms with E-state index in [1.54, 1.807) is 27.9 Å².